The van der Waals surface area contributed by atoms with Crippen LogP contribution >= 0.6 is 11.3 Å². The predicted molar refractivity (Wildman–Crippen MR) is 123 cm³/mol. The fraction of sp³-hybridized carbons (Fsp3) is 0.478. The summed E-state index contributed by atoms with van der Waals surface area (Å²) in [7, 11) is 0. The lowest BCUT2D eigenvalue weighted by molar-refractivity contribution is -0.115. The van der Waals surface area contributed by atoms with E-state index in [4.69, 9.17) is 4.74 Å². The molecule has 1 aromatic heterocycles. The molecular weight excluding hydrogens is 398 g/mol. The van der Waals surface area contributed by atoms with Gasteiger partial charge in [-0.2, -0.15) is 0 Å². The largest absolute Gasteiger partial charge is 0.494 e. The number of anilines is 2. The maximum Gasteiger partial charge on any atom is 0.258 e. The lowest BCUT2D eigenvalue weighted by Crippen LogP contribution is -2.32. The second-order valence-electron chi connectivity index (χ2n) is 8.05. The van der Waals surface area contributed by atoms with Crippen molar-refractivity contribution in [3.05, 3.63) is 40.3 Å². The summed E-state index contributed by atoms with van der Waals surface area (Å²) in [4.78, 5) is 26.8. The fourth-order valence-electron chi connectivity index (χ4n) is 3.54. The van der Waals surface area contributed by atoms with Gasteiger partial charge in [0.05, 0.1) is 18.7 Å². The van der Waals surface area contributed by atoms with Crippen LogP contribution in [0.25, 0.3) is 0 Å². The number of amides is 2. The van der Waals surface area contributed by atoms with Crippen molar-refractivity contribution in [1.82, 2.24) is 5.32 Å². The molecule has 6 nitrogen and oxygen atoms in total. The molecule has 0 aliphatic heterocycles. The standard InChI is InChI=1S/C23H31N3O3S/c1-5-29-17-9-7-16(8-10-17)25-22(28)21-18-11-6-15(4)12-19(18)30-23(21)26-20(27)13-24-14(2)3/h7-10,14-15,24H,5-6,11-13H2,1-4H3,(H,25,28)(H,26,27). The molecule has 3 N–H and O–H groups in total. The Labute approximate surface area is 182 Å². The SMILES string of the molecule is CCOc1ccc(NC(=O)c2c(NC(=O)CNC(C)C)sc3c2CCC(C)C3)cc1. The van der Waals surface area contributed by atoms with Crippen LogP contribution in [-0.4, -0.2) is 31.0 Å². The molecule has 0 saturated heterocycles. The van der Waals surface area contributed by atoms with Crippen LogP contribution in [0.3, 0.4) is 0 Å². The molecule has 30 heavy (non-hydrogen) atoms. The van der Waals surface area contributed by atoms with Crippen LogP contribution in [0.15, 0.2) is 24.3 Å². The van der Waals surface area contributed by atoms with Gasteiger partial charge in [0.2, 0.25) is 5.91 Å². The van der Waals surface area contributed by atoms with Crippen molar-refractivity contribution >= 4 is 33.8 Å². The zero-order chi connectivity index (χ0) is 21.7. The van der Waals surface area contributed by atoms with Gasteiger partial charge >= 0.3 is 0 Å². The van der Waals surface area contributed by atoms with E-state index in [-0.39, 0.29) is 24.4 Å². The molecule has 1 heterocycles. The van der Waals surface area contributed by atoms with E-state index in [1.807, 2.05) is 45.0 Å². The molecule has 0 radical (unpaired) electrons. The molecule has 1 aromatic carbocycles. The highest BCUT2D eigenvalue weighted by Gasteiger charge is 2.28. The van der Waals surface area contributed by atoms with Crippen LogP contribution in [0.5, 0.6) is 5.75 Å². The maximum atomic E-state index is 13.2. The first-order valence-electron chi connectivity index (χ1n) is 10.6. The van der Waals surface area contributed by atoms with Gasteiger partial charge < -0.3 is 20.7 Å². The second kappa shape index (κ2) is 10.1. The number of rotatable bonds is 8. The summed E-state index contributed by atoms with van der Waals surface area (Å²) < 4.78 is 5.46. The normalized spacial score (nSPS) is 15.6. The summed E-state index contributed by atoms with van der Waals surface area (Å²) in [6.07, 6.45) is 2.86. The molecule has 0 saturated carbocycles. The molecule has 1 unspecified atom stereocenters. The minimum atomic E-state index is -0.182. The Kier molecular flexibility index (Phi) is 7.50. The zero-order valence-corrected chi connectivity index (χ0v) is 18.9. The van der Waals surface area contributed by atoms with E-state index in [0.29, 0.717) is 28.8 Å². The van der Waals surface area contributed by atoms with Crippen LogP contribution in [0.2, 0.25) is 0 Å². The molecule has 0 fully saturated rings. The molecular formula is C23H31N3O3S. The van der Waals surface area contributed by atoms with Crippen molar-refractivity contribution < 1.29 is 14.3 Å². The molecule has 7 heteroatoms. The summed E-state index contributed by atoms with van der Waals surface area (Å²) in [5.41, 5.74) is 2.38. The van der Waals surface area contributed by atoms with Crippen molar-refractivity contribution in [3.8, 4) is 5.75 Å². The average Bonchev–Trinajstić information content (AvgIpc) is 3.04. The average molecular weight is 430 g/mol. The first kappa shape index (κ1) is 22.3. The second-order valence-corrected chi connectivity index (χ2v) is 9.16. The lowest BCUT2D eigenvalue weighted by atomic mass is 9.88. The van der Waals surface area contributed by atoms with Crippen LogP contribution in [-0.2, 0) is 17.6 Å². The quantitative estimate of drug-likeness (QED) is 0.579. The van der Waals surface area contributed by atoms with Gasteiger partial charge in [-0.3, -0.25) is 9.59 Å². The third-order valence-corrected chi connectivity index (χ3v) is 6.26. The highest BCUT2D eigenvalue weighted by molar-refractivity contribution is 7.17. The third kappa shape index (κ3) is 5.61. The summed E-state index contributed by atoms with van der Waals surface area (Å²) in [5.74, 6) is 1.04. The molecule has 0 spiro atoms. The van der Waals surface area contributed by atoms with Gasteiger partial charge in [-0.15, -0.1) is 11.3 Å². The van der Waals surface area contributed by atoms with E-state index in [0.717, 1.165) is 30.6 Å². The van der Waals surface area contributed by atoms with E-state index in [1.54, 1.807) is 0 Å². The van der Waals surface area contributed by atoms with Crippen molar-refractivity contribution in [2.75, 3.05) is 23.8 Å². The van der Waals surface area contributed by atoms with Gasteiger partial charge in [-0.1, -0.05) is 20.8 Å². The maximum absolute atomic E-state index is 13.2. The smallest absolute Gasteiger partial charge is 0.258 e. The Morgan fingerprint density at radius 3 is 2.60 bits per heavy atom. The van der Waals surface area contributed by atoms with Gasteiger partial charge in [0.15, 0.2) is 0 Å². The number of thiophene rings is 1. The number of carbonyl (C=O) groups excluding carboxylic acids is 2. The van der Waals surface area contributed by atoms with E-state index >= 15 is 0 Å². The Balaban J connectivity index is 1.82. The molecule has 2 aromatic rings. The van der Waals surface area contributed by atoms with Gasteiger partial charge in [-0.25, -0.2) is 0 Å². The van der Waals surface area contributed by atoms with Gasteiger partial charge in [0, 0.05) is 16.6 Å². The van der Waals surface area contributed by atoms with Gasteiger partial charge in [0.1, 0.15) is 10.8 Å². The van der Waals surface area contributed by atoms with Gasteiger partial charge in [0.25, 0.3) is 5.91 Å². The van der Waals surface area contributed by atoms with E-state index < -0.39 is 0 Å². The Morgan fingerprint density at radius 2 is 1.93 bits per heavy atom. The molecule has 1 aliphatic rings. The Bertz CT molecular complexity index is 890. The summed E-state index contributed by atoms with van der Waals surface area (Å²) >= 11 is 1.54. The van der Waals surface area contributed by atoms with Crippen LogP contribution in [0.1, 0.15) is 54.9 Å². The fourth-order valence-corrected chi connectivity index (χ4v) is 4.97. The number of hydrogen-bond acceptors (Lipinski definition) is 5. The monoisotopic (exact) mass is 429 g/mol. The first-order chi connectivity index (χ1) is 14.4. The molecule has 162 valence electrons. The third-order valence-electron chi connectivity index (χ3n) is 5.09. The predicted octanol–water partition coefficient (Wildman–Crippen LogP) is 4.46. The van der Waals surface area contributed by atoms with Gasteiger partial charge in [-0.05, 0) is 61.9 Å². The summed E-state index contributed by atoms with van der Waals surface area (Å²) in [6, 6.07) is 7.55. The highest BCUT2D eigenvalue weighted by Crippen LogP contribution is 2.40. The lowest BCUT2D eigenvalue weighted by Gasteiger charge is -2.18. The highest BCUT2D eigenvalue weighted by atomic mass is 32.1. The minimum Gasteiger partial charge on any atom is -0.494 e. The Hall–Kier alpha value is -2.38. The van der Waals surface area contributed by atoms with E-state index in [2.05, 4.69) is 22.9 Å². The van der Waals surface area contributed by atoms with E-state index in [1.165, 1.54) is 16.2 Å². The number of carbonyl (C=O) groups is 2. The van der Waals surface area contributed by atoms with Crippen LogP contribution in [0, 0.1) is 5.92 Å². The summed E-state index contributed by atoms with van der Waals surface area (Å²) in [5, 5.41) is 9.72. The van der Waals surface area contributed by atoms with E-state index in [9.17, 15) is 9.59 Å². The minimum absolute atomic E-state index is 0.134. The van der Waals surface area contributed by atoms with Crippen molar-refractivity contribution in [2.24, 2.45) is 5.92 Å². The number of ether oxygens (including phenoxy) is 1. The number of hydrogen-bond donors (Lipinski definition) is 3. The molecule has 1 aliphatic carbocycles. The summed E-state index contributed by atoms with van der Waals surface area (Å²) in [6.45, 7) is 8.97. The number of benzene rings is 1. The van der Waals surface area contributed by atoms with Crippen LogP contribution in [0.4, 0.5) is 10.7 Å². The zero-order valence-electron chi connectivity index (χ0n) is 18.1. The first-order valence-corrected chi connectivity index (χ1v) is 11.4. The topological polar surface area (TPSA) is 79.5 Å². The molecule has 2 amide bonds. The molecule has 0 bridgehead atoms. The van der Waals surface area contributed by atoms with Crippen molar-refractivity contribution in [2.45, 2.75) is 53.0 Å². The van der Waals surface area contributed by atoms with Crippen LogP contribution < -0.4 is 20.7 Å². The Morgan fingerprint density at radius 1 is 1.20 bits per heavy atom. The number of nitrogens with one attached hydrogen (secondary N) is 3. The number of fused-ring (bicyclic) bond motifs is 1. The molecule has 3 rings (SSSR count). The molecule has 1 atom stereocenters. The van der Waals surface area contributed by atoms with Crippen molar-refractivity contribution in [1.29, 1.82) is 0 Å². The van der Waals surface area contributed by atoms with Crippen molar-refractivity contribution in [3.63, 3.8) is 0 Å².